The van der Waals surface area contributed by atoms with Gasteiger partial charge in [-0.25, -0.2) is 0 Å². The number of halogens is 3. The van der Waals surface area contributed by atoms with Crippen molar-refractivity contribution in [2.75, 3.05) is 145 Å². The molecular formula is C42H57I3N12O27S3. The van der Waals surface area contributed by atoms with Crippen molar-refractivity contribution in [1.29, 1.82) is 0 Å². The van der Waals surface area contributed by atoms with Crippen LogP contribution in [0.2, 0.25) is 0 Å². The molecule has 0 atom stereocenters. The standard InChI is InChI=1S/C15H22N4O12S2.C14H19IN4O9S.C13H16I2N4O6/c1-32(26,27)30-7-4-17(5-8-31-33(2,28)29)14-12(15(21)16-3-6-20)9-11(18(22)23)10-13(14)19(24)25;1-29(26,27)28-7-5-17(4-2-15)13-11(14(21)16-3-6-20)8-10(18(22)23)9-12(13)19(24)25;14-1-4-17(5-2-15)12-10(13(21)16-3-6-20)7-9(18(22)23)8-11(12)19(24)25/h9-10,20H,3-8H2,1-2H3,(H,16,21);8-9,20H,2-7H2,1H3,(H,16,21);7-8,20H,1-6H2,(H,16,21). The predicted molar refractivity (Wildman–Crippen MR) is 333 cm³/mol. The van der Waals surface area contributed by atoms with Gasteiger partial charge in [-0.3, -0.25) is 87.6 Å². The van der Waals surface area contributed by atoms with Crippen LogP contribution in [0, 0.1) is 60.7 Å². The minimum Gasteiger partial charge on any atom is -0.395 e. The third-order valence-electron chi connectivity index (χ3n) is 10.4. The van der Waals surface area contributed by atoms with E-state index in [0.717, 1.165) is 54.0 Å². The molecule has 0 bridgehead atoms. The van der Waals surface area contributed by atoms with Crippen molar-refractivity contribution in [3.63, 3.8) is 0 Å². The van der Waals surface area contributed by atoms with Gasteiger partial charge in [0.1, 0.15) is 17.1 Å². The normalized spacial score (nSPS) is 11.1. The van der Waals surface area contributed by atoms with Crippen LogP contribution in [-0.2, 0) is 42.9 Å². The zero-order chi connectivity index (χ0) is 66.6. The molecule has 0 radical (unpaired) electrons. The van der Waals surface area contributed by atoms with Gasteiger partial charge in [-0.15, -0.1) is 0 Å². The van der Waals surface area contributed by atoms with Crippen molar-refractivity contribution in [1.82, 2.24) is 16.0 Å². The van der Waals surface area contributed by atoms with Gasteiger partial charge < -0.3 is 46.0 Å². The van der Waals surface area contributed by atoms with E-state index < -0.39 is 163 Å². The molecule has 486 valence electrons. The first kappa shape index (κ1) is 78.7. The average Bonchev–Trinajstić information content (AvgIpc) is 1.17. The maximum atomic E-state index is 12.6. The van der Waals surface area contributed by atoms with Crippen molar-refractivity contribution in [2.45, 2.75) is 0 Å². The van der Waals surface area contributed by atoms with Crippen molar-refractivity contribution in [3.8, 4) is 0 Å². The van der Waals surface area contributed by atoms with Gasteiger partial charge in [-0.2, -0.15) is 25.3 Å². The zero-order valence-electron chi connectivity index (χ0n) is 45.7. The average molecular weight is 1640 g/mol. The molecule has 0 fully saturated rings. The fourth-order valence-corrected chi connectivity index (χ4v) is 9.94. The fourth-order valence-electron chi connectivity index (χ4n) is 7.07. The number of nitro benzene ring substituents is 6. The van der Waals surface area contributed by atoms with Gasteiger partial charge in [-0.1, -0.05) is 67.8 Å². The Bertz CT molecular complexity index is 3270. The largest absolute Gasteiger partial charge is 0.395 e. The Kier molecular flexibility index (Phi) is 34.5. The molecule has 0 heterocycles. The molecule has 0 saturated carbocycles. The second-order valence-corrected chi connectivity index (χ2v) is 24.8. The lowest BCUT2D eigenvalue weighted by atomic mass is 10.1. The maximum absolute atomic E-state index is 12.6. The molecule has 0 aliphatic rings. The summed E-state index contributed by atoms with van der Waals surface area (Å²) in [5, 5.41) is 102. The topological polar surface area (TPSA) is 547 Å². The second-order valence-electron chi connectivity index (χ2n) is 16.7. The van der Waals surface area contributed by atoms with E-state index in [0.29, 0.717) is 32.4 Å². The lowest BCUT2D eigenvalue weighted by Gasteiger charge is -2.26. The van der Waals surface area contributed by atoms with Gasteiger partial charge in [0.05, 0.1) is 123 Å². The number of carbonyl (C=O) groups excluding carboxylic acids is 3. The van der Waals surface area contributed by atoms with Crippen LogP contribution < -0.4 is 30.7 Å². The van der Waals surface area contributed by atoms with Crippen LogP contribution in [0.3, 0.4) is 0 Å². The Hall–Kier alpha value is -6.33. The number of non-ortho nitro benzene ring substituents is 3. The monoisotopic (exact) mass is 1640 g/mol. The van der Waals surface area contributed by atoms with Crippen molar-refractivity contribution < 1.29 is 97.0 Å². The van der Waals surface area contributed by atoms with Crippen molar-refractivity contribution >= 4 is 167 Å². The molecule has 0 saturated heterocycles. The molecule has 39 nitrogen and oxygen atoms in total. The third-order valence-corrected chi connectivity index (χ3v) is 13.6. The number of anilines is 3. The minimum absolute atomic E-state index is 0.0550. The summed E-state index contributed by atoms with van der Waals surface area (Å²) in [6.45, 7) is -3.04. The first-order valence-electron chi connectivity index (χ1n) is 24.1. The number of hydrogen-bond acceptors (Lipinski definition) is 30. The molecule has 3 amide bonds. The maximum Gasteiger partial charge on any atom is 0.300 e. The Morgan fingerprint density at radius 2 is 0.644 bits per heavy atom. The number of nitrogens with zero attached hydrogens (tertiary/aromatic N) is 9. The summed E-state index contributed by atoms with van der Waals surface area (Å²) in [5.74, 6) is -2.57. The van der Waals surface area contributed by atoms with Gasteiger partial charge in [0.15, 0.2) is 0 Å². The fraction of sp³-hybridized carbons (Fsp3) is 0.500. The number of rotatable bonds is 36. The van der Waals surface area contributed by atoms with E-state index in [1.165, 1.54) is 4.90 Å². The molecular weight excluding hydrogens is 1580 g/mol. The lowest BCUT2D eigenvalue weighted by molar-refractivity contribution is -0.394. The number of carbonyl (C=O) groups is 3. The zero-order valence-corrected chi connectivity index (χ0v) is 54.6. The van der Waals surface area contributed by atoms with Gasteiger partial charge in [0, 0.05) is 90.4 Å². The number of nitrogens with one attached hydrogen (secondary N) is 3. The Morgan fingerprint density at radius 1 is 0.425 bits per heavy atom. The minimum atomic E-state index is -3.91. The summed E-state index contributed by atoms with van der Waals surface area (Å²) >= 11 is 6.21. The van der Waals surface area contributed by atoms with Crippen molar-refractivity contribution in [3.05, 3.63) is 114 Å². The SMILES string of the molecule is CS(=O)(=O)OCCN(CCI)c1c(C(=O)NCCO)cc([N+](=O)[O-])cc1[N+](=O)[O-].CS(=O)(=O)OCCN(CCOS(C)(=O)=O)c1c(C(=O)NCCO)cc([N+](=O)[O-])cc1[N+](=O)[O-].O=C(NCCO)c1cc([N+](=O)[O-])cc([N+](=O)[O-])c1N(CCI)CCI. The van der Waals surface area contributed by atoms with Gasteiger partial charge in [-0.05, 0) is 0 Å². The highest BCUT2D eigenvalue weighted by Crippen LogP contribution is 2.39. The number of aliphatic hydroxyl groups excluding tert-OH is 3. The van der Waals surface area contributed by atoms with E-state index in [4.69, 9.17) is 15.3 Å². The highest BCUT2D eigenvalue weighted by molar-refractivity contribution is 14.1. The molecule has 0 unspecified atom stereocenters. The summed E-state index contributed by atoms with van der Waals surface area (Å²) in [6.07, 6.45) is 2.36. The van der Waals surface area contributed by atoms with Crippen LogP contribution in [0.4, 0.5) is 51.2 Å². The van der Waals surface area contributed by atoms with E-state index >= 15 is 0 Å². The van der Waals surface area contributed by atoms with Crippen molar-refractivity contribution in [2.24, 2.45) is 0 Å². The summed E-state index contributed by atoms with van der Waals surface area (Å²) in [4.78, 5) is 105. The number of benzene rings is 3. The molecule has 0 aromatic heterocycles. The molecule has 0 spiro atoms. The highest BCUT2D eigenvalue weighted by atomic mass is 127. The predicted octanol–water partition coefficient (Wildman–Crippen LogP) is 1.33. The van der Waals surface area contributed by atoms with Gasteiger partial charge >= 0.3 is 0 Å². The third kappa shape index (κ3) is 27.7. The molecule has 0 aliphatic heterocycles. The number of alkyl halides is 3. The number of aliphatic hydroxyl groups is 3. The van der Waals surface area contributed by atoms with Crippen LogP contribution in [-0.4, -0.2) is 218 Å². The summed E-state index contributed by atoms with van der Waals surface area (Å²) < 4.78 is 83.1. The summed E-state index contributed by atoms with van der Waals surface area (Å²) in [5.41, 5.74) is -5.66. The van der Waals surface area contributed by atoms with E-state index in [-0.39, 0.29) is 68.4 Å². The van der Waals surface area contributed by atoms with E-state index in [9.17, 15) is 100 Å². The second kappa shape index (κ2) is 38.2. The molecule has 87 heavy (non-hydrogen) atoms. The first-order valence-corrected chi connectivity index (χ1v) is 34.1. The molecule has 3 rings (SSSR count). The molecule has 45 heteroatoms. The molecule has 0 aliphatic carbocycles. The van der Waals surface area contributed by atoms with E-state index in [2.05, 4.69) is 73.7 Å². The quantitative estimate of drug-likeness (QED) is 0.0157. The molecule has 3 aromatic rings. The van der Waals surface area contributed by atoms with Crippen LogP contribution in [0.1, 0.15) is 31.1 Å². The Balaban J connectivity index is 0.000000659. The smallest absolute Gasteiger partial charge is 0.300 e. The summed E-state index contributed by atoms with van der Waals surface area (Å²) in [7, 11) is -11.6. The van der Waals surface area contributed by atoms with Crippen LogP contribution >= 0.6 is 67.8 Å². The van der Waals surface area contributed by atoms with E-state index in [1.54, 1.807) is 4.90 Å². The number of nitro groups is 6. The van der Waals surface area contributed by atoms with Crippen LogP contribution in [0.25, 0.3) is 0 Å². The van der Waals surface area contributed by atoms with E-state index in [1.807, 2.05) is 22.6 Å². The lowest BCUT2D eigenvalue weighted by Crippen LogP contribution is -2.35. The Morgan fingerprint density at radius 3 is 0.828 bits per heavy atom. The first-order chi connectivity index (χ1) is 40.5. The summed E-state index contributed by atoms with van der Waals surface area (Å²) in [6, 6.07) is 4.88. The highest BCUT2D eigenvalue weighted by Gasteiger charge is 2.34. The van der Waals surface area contributed by atoms with Gasteiger partial charge in [0.25, 0.3) is 82.2 Å². The number of hydrogen-bond donors (Lipinski definition) is 6. The van der Waals surface area contributed by atoms with Crippen LogP contribution in [0.5, 0.6) is 0 Å². The van der Waals surface area contributed by atoms with Gasteiger partial charge in [0.2, 0.25) is 0 Å². The van der Waals surface area contributed by atoms with Crippen LogP contribution in [0.15, 0.2) is 36.4 Å². The number of amides is 3. The Labute approximate surface area is 535 Å². The molecule has 3 aromatic carbocycles. The molecule has 6 N–H and O–H groups in total.